The minimum absolute atomic E-state index is 0.113. The Labute approximate surface area is 216 Å². The number of aromatic nitrogens is 2. The number of anilines is 1. The zero-order valence-electron chi connectivity index (χ0n) is 21.5. The van der Waals surface area contributed by atoms with Gasteiger partial charge in [0, 0.05) is 16.1 Å². The van der Waals surface area contributed by atoms with Gasteiger partial charge in [-0.1, -0.05) is 55.8 Å². The fourth-order valence-electron chi connectivity index (χ4n) is 5.31. The Hall–Kier alpha value is -3.25. The number of nitrogens with one attached hydrogen (secondary N) is 1. The van der Waals surface area contributed by atoms with Crippen LogP contribution in [-0.4, -0.2) is 15.5 Å². The summed E-state index contributed by atoms with van der Waals surface area (Å²) in [6, 6.07) is 13.4. The van der Waals surface area contributed by atoms with Gasteiger partial charge in [0.2, 0.25) is 5.91 Å². The third kappa shape index (κ3) is 4.28. The molecule has 2 aromatic carbocycles. The highest BCUT2D eigenvalue weighted by molar-refractivity contribution is 7.18. The number of thiophene rings is 1. The van der Waals surface area contributed by atoms with Crippen molar-refractivity contribution in [2.24, 2.45) is 0 Å². The maximum atomic E-state index is 14.1. The summed E-state index contributed by atoms with van der Waals surface area (Å²) in [5.41, 5.74) is 6.02. The average Bonchev–Trinajstić information content (AvgIpc) is 3.27. The van der Waals surface area contributed by atoms with E-state index in [9.17, 15) is 9.59 Å². The van der Waals surface area contributed by atoms with Crippen LogP contribution in [0.2, 0.25) is 0 Å². The molecule has 1 aliphatic carbocycles. The van der Waals surface area contributed by atoms with Crippen LogP contribution < -0.4 is 10.9 Å². The van der Waals surface area contributed by atoms with Crippen molar-refractivity contribution < 1.29 is 4.79 Å². The van der Waals surface area contributed by atoms with Gasteiger partial charge in [0.25, 0.3) is 5.56 Å². The normalized spacial score (nSPS) is 14.0. The van der Waals surface area contributed by atoms with Crippen LogP contribution in [0, 0.1) is 6.92 Å². The summed E-state index contributed by atoms with van der Waals surface area (Å²) in [5, 5.41) is 3.88. The monoisotopic (exact) mass is 499 g/mol. The first-order chi connectivity index (χ1) is 17.4. The average molecular weight is 500 g/mol. The molecule has 1 atom stereocenters. The quantitative estimate of drug-likeness (QED) is 0.324. The van der Waals surface area contributed by atoms with Gasteiger partial charge in [0.05, 0.1) is 5.39 Å². The lowest BCUT2D eigenvalue weighted by Gasteiger charge is -2.21. The number of hydrogen-bond acceptors (Lipinski definition) is 4. The maximum absolute atomic E-state index is 14.1. The molecular weight excluding hydrogens is 466 g/mol. The molecule has 6 heteroatoms. The Kier molecular flexibility index (Phi) is 6.80. The van der Waals surface area contributed by atoms with E-state index in [-0.39, 0.29) is 11.5 Å². The van der Waals surface area contributed by atoms with Crippen LogP contribution in [0.3, 0.4) is 0 Å². The topological polar surface area (TPSA) is 64.0 Å². The number of nitrogens with zero attached hydrogens (tertiary/aromatic N) is 2. The number of carbonyl (C=O) groups excluding carboxylic acids is 1. The molecule has 1 N–H and O–H groups in total. The second-order valence-corrected chi connectivity index (χ2v) is 10.8. The standard InChI is InChI=1S/C30H33N3O2S/c1-5-20-12-10-13-21(6-2)26(20)31-28(34)19(4)33-27(22-14-9-11-18(3)17-22)32-29-25(30(33)35)23-15-7-8-16-24(23)36-29/h9-14,17,19H,5-8,15-16H2,1-4H3,(H,31,34). The molecule has 0 fully saturated rings. The van der Waals surface area contributed by atoms with Gasteiger partial charge in [0.15, 0.2) is 0 Å². The van der Waals surface area contributed by atoms with Crippen molar-refractivity contribution in [3.8, 4) is 11.4 Å². The second kappa shape index (κ2) is 10.0. The van der Waals surface area contributed by atoms with E-state index in [0.717, 1.165) is 76.9 Å². The van der Waals surface area contributed by atoms with E-state index in [1.165, 1.54) is 4.88 Å². The number of carbonyl (C=O) groups is 1. The Morgan fingerprint density at radius 3 is 2.47 bits per heavy atom. The van der Waals surface area contributed by atoms with Crippen LogP contribution >= 0.6 is 11.3 Å². The van der Waals surface area contributed by atoms with Gasteiger partial charge >= 0.3 is 0 Å². The third-order valence-electron chi connectivity index (χ3n) is 7.31. The van der Waals surface area contributed by atoms with Gasteiger partial charge in [-0.2, -0.15) is 0 Å². The number of rotatable bonds is 6. The number of aryl methyl sites for hydroxylation is 5. The SMILES string of the molecule is CCc1cccc(CC)c1NC(=O)C(C)n1c(-c2cccc(C)c2)nc2sc3c(c2c1=O)CCCC3. The van der Waals surface area contributed by atoms with Gasteiger partial charge in [-0.25, -0.2) is 4.98 Å². The highest BCUT2D eigenvalue weighted by atomic mass is 32.1. The van der Waals surface area contributed by atoms with E-state index < -0.39 is 6.04 Å². The van der Waals surface area contributed by atoms with Crippen molar-refractivity contribution in [3.63, 3.8) is 0 Å². The lowest BCUT2D eigenvalue weighted by atomic mass is 9.97. The van der Waals surface area contributed by atoms with Crippen LogP contribution in [0.25, 0.3) is 21.6 Å². The Morgan fingerprint density at radius 1 is 1.08 bits per heavy atom. The zero-order chi connectivity index (χ0) is 25.4. The number of benzene rings is 2. The molecule has 0 saturated carbocycles. The van der Waals surface area contributed by atoms with Crippen molar-refractivity contribution in [1.82, 2.24) is 9.55 Å². The molecule has 0 spiro atoms. The number of para-hydroxylation sites is 1. The molecule has 0 bridgehead atoms. The minimum Gasteiger partial charge on any atom is -0.324 e. The van der Waals surface area contributed by atoms with Crippen LogP contribution in [0.1, 0.15) is 66.8 Å². The molecule has 5 nitrogen and oxygen atoms in total. The van der Waals surface area contributed by atoms with Crippen molar-refractivity contribution in [1.29, 1.82) is 0 Å². The summed E-state index contributed by atoms with van der Waals surface area (Å²) in [6.45, 7) is 8.01. The van der Waals surface area contributed by atoms with Crippen LogP contribution in [0.5, 0.6) is 0 Å². The summed E-state index contributed by atoms with van der Waals surface area (Å²) >= 11 is 1.64. The summed E-state index contributed by atoms with van der Waals surface area (Å²) in [6.07, 6.45) is 5.77. The molecule has 1 unspecified atom stereocenters. The summed E-state index contributed by atoms with van der Waals surface area (Å²) in [5.74, 6) is 0.351. The van der Waals surface area contributed by atoms with E-state index in [2.05, 4.69) is 31.3 Å². The number of hydrogen-bond donors (Lipinski definition) is 1. The van der Waals surface area contributed by atoms with Gasteiger partial charge < -0.3 is 5.32 Å². The van der Waals surface area contributed by atoms with Gasteiger partial charge in [-0.3, -0.25) is 14.2 Å². The molecule has 0 radical (unpaired) electrons. The van der Waals surface area contributed by atoms with E-state index in [1.54, 1.807) is 15.9 Å². The van der Waals surface area contributed by atoms with Crippen molar-refractivity contribution in [3.05, 3.63) is 79.9 Å². The molecule has 1 amide bonds. The number of amides is 1. The molecule has 0 aliphatic heterocycles. The van der Waals surface area contributed by atoms with Gasteiger partial charge in [-0.05, 0) is 75.1 Å². The summed E-state index contributed by atoms with van der Waals surface area (Å²) < 4.78 is 1.62. The highest BCUT2D eigenvalue weighted by Crippen LogP contribution is 2.35. The molecule has 186 valence electrons. The first-order valence-electron chi connectivity index (χ1n) is 13.0. The molecule has 5 rings (SSSR count). The molecule has 2 aromatic heterocycles. The van der Waals surface area contributed by atoms with Crippen molar-refractivity contribution >= 4 is 33.1 Å². The zero-order valence-corrected chi connectivity index (χ0v) is 22.3. The molecule has 36 heavy (non-hydrogen) atoms. The van der Waals surface area contributed by atoms with Crippen molar-refractivity contribution in [2.45, 2.75) is 72.3 Å². The van der Waals surface area contributed by atoms with Gasteiger partial charge in [0.1, 0.15) is 16.7 Å². The summed E-state index contributed by atoms with van der Waals surface area (Å²) in [7, 11) is 0. The smallest absolute Gasteiger partial charge is 0.263 e. The first kappa shape index (κ1) is 24.4. The summed E-state index contributed by atoms with van der Waals surface area (Å²) in [4.78, 5) is 34.9. The second-order valence-electron chi connectivity index (χ2n) is 9.69. The molecule has 1 aliphatic rings. The molecular formula is C30H33N3O2S. The predicted octanol–water partition coefficient (Wildman–Crippen LogP) is 6.64. The third-order valence-corrected chi connectivity index (χ3v) is 8.50. The van der Waals surface area contributed by atoms with E-state index in [1.807, 2.05) is 44.2 Å². The minimum atomic E-state index is -0.723. The Morgan fingerprint density at radius 2 is 1.78 bits per heavy atom. The number of fused-ring (bicyclic) bond motifs is 3. The predicted molar refractivity (Wildman–Crippen MR) is 149 cm³/mol. The molecule has 0 saturated heterocycles. The Bertz CT molecular complexity index is 1490. The van der Waals surface area contributed by atoms with Crippen molar-refractivity contribution in [2.75, 3.05) is 5.32 Å². The van der Waals surface area contributed by atoms with E-state index in [0.29, 0.717) is 11.2 Å². The maximum Gasteiger partial charge on any atom is 0.263 e. The van der Waals surface area contributed by atoms with Crippen LogP contribution in [-0.2, 0) is 30.5 Å². The lowest BCUT2D eigenvalue weighted by molar-refractivity contribution is -0.118. The molecule has 4 aromatic rings. The molecule has 2 heterocycles. The fraction of sp³-hybridized carbons (Fsp3) is 0.367. The van der Waals surface area contributed by atoms with Crippen LogP contribution in [0.4, 0.5) is 5.69 Å². The largest absolute Gasteiger partial charge is 0.324 e. The fourth-order valence-corrected chi connectivity index (χ4v) is 6.56. The Balaban J connectivity index is 1.67. The van der Waals surface area contributed by atoms with E-state index in [4.69, 9.17) is 4.98 Å². The van der Waals surface area contributed by atoms with Crippen LogP contribution in [0.15, 0.2) is 47.3 Å². The first-order valence-corrected chi connectivity index (χ1v) is 13.8. The van der Waals surface area contributed by atoms with Gasteiger partial charge in [-0.15, -0.1) is 11.3 Å². The lowest BCUT2D eigenvalue weighted by Crippen LogP contribution is -2.34. The highest BCUT2D eigenvalue weighted by Gasteiger charge is 2.27. The van der Waals surface area contributed by atoms with E-state index >= 15 is 0 Å².